The third-order valence-electron chi connectivity index (χ3n) is 3.12. The lowest BCUT2D eigenvalue weighted by molar-refractivity contribution is 1.12. The lowest BCUT2D eigenvalue weighted by Gasteiger charge is -2.11. The second-order valence-electron chi connectivity index (χ2n) is 4.71. The minimum Gasteiger partial charge on any atom is -0.0622 e. The minimum absolute atomic E-state index is 1.01. The van der Waals surface area contributed by atoms with Crippen molar-refractivity contribution in [2.45, 2.75) is 27.2 Å². The molecule has 0 aliphatic heterocycles. The van der Waals surface area contributed by atoms with Crippen LogP contribution in [0.15, 0.2) is 42.5 Å². The summed E-state index contributed by atoms with van der Waals surface area (Å²) in [7, 11) is 0. The molecule has 0 atom stereocenters. The molecule has 0 unspecified atom stereocenters. The fourth-order valence-corrected chi connectivity index (χ4v) is 2.35. The predicted molar refractivity (Wildman–Crippen MR) is 74.2 cm³/mol. The van der Waals surface area contributed by atoms with E-state index in [1.165, 1.54) is 27.8 Å². The zero-order valence-corrected chi connectivity index (χ0v) is 10.8. The van der Waals surface area contributed by atoms with Gasteiger partial charge < -0.3 is 0 Å². The molecular formula is C17H19. The van der Waals surface area contributed by atoms with Crippen molar-refractivity contribution >= 4 is 0 Å². The van der Waals surface area contributed by atoms with E-state index in [0.717, 1.165) is 6.42 Å². The zero-order chi connectivity index (χ0) is 12.3. The van der Waals surface area contributed by atoms with Crippen LogP contribution in [0.3, 0.4) is 0 Å². The van der Waals surface area contributed by atoms with Crippen LogP contribution in [0.2, 0.25) is 0 Å². The van der Waals surface area contributed by atoms with Gasteiger partial charge in [0.1, 0.15) is 0 Å². The predicted octanol–water partition coefficient (Wildman–Crippen LogP) is 4.41. The third kappa shape index (κ3) is 2.97. The highest BCUT2D eigenvalue weighted by Crippen LogP contribution is 2.19. The number of aryl methyl sites for hydroxylation is 3. The molecule has 0 bridgehead atoms. The van der Waals surface area contributed by atoms with Crippen LogP contribution >= 0.6 is 0 Å². The summed E-state index contributed by atoms with van der Waals surface area (Å²) in [5.74, 6) is 0. The molecule has 1 radical (unpaired) electrons. The molecule has 0 saturated heterocycles. The van der Waals surface area contributed by atoms with Crippen molar-refractivity contribution < 1.29 is 0 Å². The molecule has 0 heterocycles. The summed E-state index contributed by atoms with van der Waals surface area (Å²) in [4.78, 5) is 0. The van der Waals surface area contributed by atoms with Gasteiger partial charge in [-0.25, -0.2) is 0 Å². The number of hydrogen-bond donors (Lipinski definition) is 0. The molecule has 0 aliphatic carbocycles. The summed E-state index contributed by atoms with van der Waals surface area (Å²) in [6, 6.07) is 15.1. The molecule has 0 spiro atoms. The Balaban J connectivity index is 2.15. The van der Waals surface area contributed by atoms with Crippen molar-refractivity contribution in [2.24, 2.45) is 0 Å². The van der Waals surface area contributed by atoms with Gasteiger partial charge >= 0.3 is 0 Å². The molecule has 0 aromatic heterocycles. The summed E-state index contributed by atoms with van der Waals surface area (Å²) in [6.45, 7) is 6.54. The van der Waals surface area contributed by atoms with Crippen molar-refractivity contribution in [3.05, 3.63) is 76.7 Å². The van der Waals surface area contributed by atoms with Gasteiger partial charge in [0.15, 0.2) is 0 Å². The standard InChI is InChI=1S/C17H19/c1-13-11-14(2)17(15(3)12-13)10-9-16-7-5-4-6-8-16/h4-8,10-12H,9H2,1-3H3. The van der Waals surface area contributed by atoms with E-state index in [1.54, 1.807) is 0 Å². The summed E-state index contributed by atoms with van der Waals surface area (Å²) in [5.41, 5.74) is 6.85. The van der Waals surface area contributed by atoms with E-state index in [2.05, 4.69) is 69.7 Å². The SMILES string of the molecule is Cc1cc(C)c([CH]Cc2ccccc2)c(C)c1. The topological polar surface area (TPSA) is 0 Å². The largest absolute Gasteiger partial charge is 0.0622 e. The fraction of sp³-hybridized carbons (Fsp3) is 0.235. The Hall–Kier alpha value is -1.56. The molecule has 2 aromatic rings. The second kappa shape index (κ2) is 5.18. The summed E-state index contributed by atoms with van der Waals surface area (Å²) in [6.07, 6.45) is 3.34. The van der Waals surface area contributed by atoms with Gasteiger partial charge in [0.05, 0.1) is 0 Å². The molecule has 0 fully saturated rings. The van der Waals surface area contributed by atoms with Gasteiger partial charge in [-0.3, -0.25) is 0 Å². The summed E-state index contributed by atoms with van der Waals surface area (Å²) in [5, 5.41) is 0. The minimum atomic E-state index is 1.01. The van der Waals surface area contributed by atoms with E-state index in [1.807, 2.05) is 0 Å². The van der Waals surface area contributed by atoms with Gasteiger partial charge in [-0.2, -0.15) is 0 Å². The molecule has 2 rings (SSSR count). The van der Waals surface area contributed by atoms with Crippen LogP contribution in [0, 0.1) is 27.2 Å². The van der Waals surface area contributed by atoms with Gasteiger partial charge in [-0.15, -0.1) is 0 Å². The molecule has 17 heavy (non-hydrogen) atoms. The van der Waals surface area contributed by atoms with Crippen molar-refractivity contribution in [3.8, 4) is 0 Å². The molecule has 0 N–H and O–H groups in total. The van der Waals surface area contributed by atoms with Crippen molar-refractivity contribution in [1.29, 1.82) is 0 Å². The van der Waals surface area contributed by atoms with E-state index >= 15 is 0 Å². The quantitative estimate of drug-likeness (QED) is 0.723. The smallest absolute Gasteiger partial charge is 0.00440 e. The lowest BCUT2D eigenvalue weighted by Crippen LogP contribution is -1.96. The maximum absolute atomic E-state index is 2.33. The van der Waals surface area contributed by atoms with Crippen molar-refractivity contribution in [2.75, 3.05) is 0 Å². The second-order valence-corrected chi connectivity index (χ2v) is 4.71. The maximum atomic E-state index is 2.33. The van der Waals surface area contributed by atoms with Crippen LogP contribution in [0.5, 0.6) is 0 Å². The van der Waals surface area contributed by atoms with Crippen molar-refractivity contribution in [3.63, 3.8) is 0 Å². The van der Waals surface area contributed by atoms with E-state index in [0.29, 0.717) is 0 Å². The van der Waals surface area contributed by atoms with E-state index in [9.17, 15) is 0 Å². The zero-order valence-electron chi connectivity index (χ0n) is 10.8. The first-order valence-electron chi connectivity index (χ1n) is 6.12. The van der Waals surface area contributed by atoms with Crippen LogP contribution in [-0.2, 0) is 6.42 Å². The number of rotatable bonds is 3. The number of benzene rings is 2. The van der Waals surface area contributed by atoms with Gasteiger partial charge in [0, 0.05) is 0 Å². The Labute approximate surface area is 104 Å². The van der Waals surface area contributed by atoms with Crippen LogP contribution in [0.1, 0.15) is 27.8 Å². The molecule has 87 valence electrons. The summed E-state index contributed by atoms with van der Waals surface area (Å²) < 4.78 is 0. The van der Waals surface area contributed by atoms with Crippen LogP contribution < -0.4 is 0 Å². The maximum Gasteiger partial charge on any atom is -0.00440 e. The van der Waals surface area contributed by atoms with E-state index in [4.69, 9.17) is 0 Å². The Bertz CT molecular complexity index is 472. The van der Waals surface area contributed by atoms with Crippen LogP contribution in [-0.4, -0.2) is 0 Å². The first-order chi connectivity index (χ1) is 8.16. The van der Waals surface area contributed by atoms with E-state index < -0.39 is 0 Å². The molecular weight excluding hydrogens is 204 g/mol. The Morgan fingerprint density at radius 2 is 1.47 bits per heavy atom. The van der Waals surface area contributed by atoms with Crippen LogP contribution in [0.4, 0.5) is 0 Å². The molecule has 0 aliphatic rings. The molecule has 0 saturated carbocycles. The molecule has 0 nitrogen and oxygen atoms in total. The Morgan fingerprint density at radius 3 is 2.06 bits per heavy atom. The molecule has 2 aromatic carbocycles. The van der Waals surface area contributed by atoms with Gasteiger partial charge in [-0.1, -0.05) is 48.0 Å². The van der Waals surface area contributed by atoms with E-state index in [-0.39, 0.29) is 0 Å². The first kappa shape index (κ1) is 11.9. The Morgan fingerprint density at radius 1 is 0.882 bits per heavy atom. The highest BCUT2D eigenvalue weighted by Gasteiger charge is 2.04. The average Bonchev–Trinajstić information content (AvgIpc) is 2.29. The first-order valence-corrected chi connectivity index (χ1v) is 6.12. The van der Waals surface area contributed by atoms with Crippen molar-refractivity contribution in [1.82, 2.24) is 0 Å². The highest BCUT2D eigenvalue weighted by atomic mass is 14.1. The Kier molecular flexibility index (Phi) is 3.63. The highest BCUT2D eigenvalue weighted by molar-refractivity contribution is 5.42. The number of hydrogen-bond acceptors (Lipinski definition) is 0. The van der Waals surface area contributed by atoms with Gasteiger partial charge in [0.2, 0.25) is 0 Å². The van der Waals surface area contributed by atoms with Gasteiger partial charge in [0.25, 0.3) is 0 Å². The van der Waals surface area contributed by atoms with Crippen LogP contribution in [0.25, 0.3) is 0 Å². The average molecular weight is 223 g/mol. The normalized spacial score (nSPS) is 10.5. The lowest BCUT2D eigenvalue weighted by atomic mass is 9.94. The monoisotopic (exact) mass is 223 g/mol. The fourth-order valence-electron chi connectivity index (χ4n) is 2.35. The third-order valence-corrected chi connectivity index (χ3v) is 3.12. The van der Waals surface area contributed by atoms with Gasteiger partial charge in [-0.05, 0) is 55.9 Å². The summed E-state index contributed by atoms with van der Waals surface area (Å²) >= 11 is 0. The molecule has 0 amide bonds. The molecule has 0 heteroatoms.